The molecule has 15 heteroatoms. The number of hydrogen-bond acceptors (Lipinski definition) is 15. The van der Waals surface area contributed by atoms with Crippen molar-refractivity contribution in [2.24, 2.45) is 0 Å². The van der Waals surface area contributed by atoms with Crippen LogP contribution in [0.15, 0.2) is 48.6 Å². The Labute approximate surface area is 433 Å². The summed E-state index contributed by atoms with van der Waals surface area (Å²) in [5, 5.41) is 72.2. The number of ether oxygens (including phenoxy) is 6. The third kappa shape index (κ3) is 30.7. The van der Waals surface area contributed by atoms with Gasteiger partial charge in [0.2, 0.25) is 0 Å². The number of rotatable bonds is 44. The number of carbonyl (C=O) groups excluding carboxylic acids is 2. The van der Waals surface area contributed by atoms with E-state index in [9.17, 15) is 45.3 Å². The van der Waals surface area contributed by atoms with Gasteiger partial charge >= 0.3 is 11.9 Å². The molecule has 2 saturated heterocycles. The second-order valence-corrected chi connectivity index (χ2v) is 19.8. The van der Waals surface area contributed by atoms with Crippen LogP contribution in [0.1, 0.15) is 206 Å². The highest BCUT2D eigenvalue weighted by Gasteiger charge is 2.47. The first kappa shape index (κ1) is 65.6. The van der Waals surface area contributed by atoms with Crippen molar-refractivity contribution in [2.75, 3.05) is 26.4 Å². The summed E-state index contributed by atoms with van der Waals surface area (Å²) < 4.78 is 33.6. The number of unbranched alkanes of at least 4 members (excludes halogenated alkanes) is 22. The predicted octanol–water partition coefficient (Wildman–Crippen LogP) is 9.05. The van der Waals surface area contributed by atoms with Gasteiger partial charge in [-0.25, -0.2) is 0 Å². The summed E-state index contributed by atoms with van der Waals surface area (Å²) in [6, 6.07) is 0. The van der Waals surface area contributed by atoms with Crippen LogP contribution in [0.2, 0.25) is 0 Å². The molecule has 72 heavy (non-hydrogen) atoms. The highest BCUT2D eigenvalue weighted by molar-refractivity contribution is 5.70. The lowest BCUT2D eigenvalue weighted by molar-refractivity contribution is -0.332. The standard InChI is InChI=1S/C57H100O15/c1-3-5-7-9-11-13-15-17-19-21-22-24-25-27-29-31-33-35-37-39-48(59)67-42-45(70-49(60)40-38-36-34-32-30-28-26-23-20-18-16-14-12-10-8-6-4-2)43-68-56-55(66)53(64)51(62)47(72-56)44-69-57-54(65)52(63)50(61)46(41-58)71-57/h11,13,17,19,26,28,32,34,45-47,50-58,61-66H,3-10,12,14-16,18,20-25,27,29-31,33,35-44H2,1-2H3/b13-11+,19-17+,28-26+,34-32+/t45-,46+,47+,50-,51-,52?,53?,54?,55?,56+,57+/m0/s1. The lowest BCUT2D eigenvalue weighted by Crippen LogP contribution is -2.61. The molecule has 0 bridgehead atoms. The summed E-state index contributed by atoms with van der Waals surface area (Å²) in [5.41, 5.74) is 0. The van der Waals surface area contributed by atoms with Gasteiger partial charge in [0.1, 0.15) is 55.4 Å². The Balaban J connectivity index is 1.79. The zero-order chi connectivity index (χ0) is 52.4. The Morgan fingerprint density at radius 2 is 0.847 bits per heavy atom. The average molecular weight is 1030 g/mol. The topological polar surface area (TPSA) is 231 Å². The zero-order valence-electron chi connectivity index (χ0n) is 44.4. The summed E-state index contributed by atoms with van der Waals surface area (Å²) >= 11 is 0. The number of hydrogen-bond donors (Lipinski definition) is 7. The van der Waals surface area contributed by atoms with E-state index in [-0.39, 0.29) is 19.4 Å². The van der Waals surface area contributed by atoms with E-state index >= 15 is 0 Å². The first-order valence-electron chi connectivity index (χ1n) is 28.2. The van der Waals surface area contributed by atoms with Crippen LogP contribution in [-0.2, 0) is 38.0 Å². The SMILES string of the molecule is CCCCC/C=C/C/C=C/CCCCCCCCCCCC(=O)OC[C@@H](CO[C@@H]1O[C@H](CO[C@@H]2O[C@H](CO)[C@H](O)C(O)C2O)[C@H](O)C(O)C1O)OC(=O)CCC/C=C/C/C=C/CCCCCCCCCCC. The van der Waals surface area contributed by atoms with Crippen molar-refractivity contribution in [2.45, 2.75) is 274 Å². The molecule has 0 aromatic heterocycles. The molecule has 0 aliphatic carbocycles. The van der Waals surface area contributed by atoms with Crippen molar-refractivity contribution in [1.29, 1.82) is 0 Å². The van der Waals surface area contributed by atoms with E-state index in [2.05, 4.69) is 56.4 Å². The minimum atomic E-state index is -1.77. The lowest BCUT2D eigenvalue weighted by atomic mass is 9.98. The normalized spacial score (nSPS) is 25.3. The fourth-order valence-electron chi connectivity index (χ4n) is 8.64. The third-order valence-electron chi connectivity index (χ3n) is 13.3. The second kappa shape index (κ2) is 43.7. The molecule has 418 valence electrons. The van der Waals surface area contributed by atoms with E-state index in [1.165, 1.54) is 116 Å². The van der Waals surface area contributed by atoms with Crippen LogP contribution in [0.25, 0.3) is 0 Å². The van der Waals surface area contributed by atoms with Crippen LogP contribution in [-0.4, -0.2) is 142 Å². The van der Waals surface area contributed by atoms with Crippen LogP contribution in [0.3, 0.4) is 0 Å². The van der Waals surface area contributed by atoms with Crippen molar-refractivity contribution < 1.29 is 73.8 Å². The number of allylic oxidation sites excluding steroid dienone is 8. The van der Waals surface area contributed by atoms with Crippen LogP contribution < -0.4 is 0 Å². The first-order valence-corrected chi connectivity index (χ1v) is 28.2. The van der Waals surface area contributed by atoms with E-state index in [4.69, 9.17) is 28.4 Å². The van der Waals surface area contributed by atoms with E-state index in [1.807, 2.05) is 6.08 Å². The molecule has 2 heterocycles. The van der Waals surface area contributed by atoms with E-state index in [0.29, 0.717) is 19.3 Å². The molecule has 11 atom stereocenters. The molecular weight excluding hydrogens is 925 g/mol. The molecular formula is C57H100O15. The quantitative estimate of drug-likeness (QED) is 0.0171. The van der Waals surface area contributed by atoms with Gasteiger partial charge in [-0.2, -0.15) is 0 Å². The number of esters is 2. The van der Waals surface area contributed by atoms with Crippen LogP contribution in [0, 0.1) is 0 Å². The molecule has 0 spiro atoms. The lowest BCUT2D eigenvalue weighted by Gasteiger charge is -2.42. The van der Waals surface area contributed by atoms with Crippen molar-refractivity contribution in [1.82, 2.24) is 0 Å². The van der Waals surface area contributed by atoms with Crippen molar-refractivity contribution in [3.8, 4) is 0 Å². The molecule has 2 rings (SSSR count). The molecule has 0 saturated carbocycles. The number of aliphatic hydroxyl groups is 7. The summed E-state index contributed by atoms with van der Waals surface area (Å²) in [5.74, 6) is -0.980. The molecule has 2 fully saturated rings. The smallest absolute Gasteiger partial charge is 0.306 e. The Morgan fingerprint density at radius 3 is 1.36 bits per heavy atom. The molecule has 0 amide bonds. The summed E-state index contributed by atoms with van der Waals surface area (Å²) in [7, 11) is 0. The van der Waals surface area contributed by atoms with Crippen LogP contribution in [0.5, 0.6) is 0 Å². The fraction of sp³-hybridized carbons (Fsp3) is 0.825. The van der Waals surface area contributed by atoms with E-state index in [0.717, 1.165) is 44.9 Å². The van der Waals surface area contributed by atoms with E-state index in [1.54, 1.807) is 0 Å². The molecule has 0 aromatic rings. The van der Waals surface area contributed by atoms with Gasteiger partial charge in [-0.05, 0) is 70.6 Å². The number of aliphatic hydroxyl groups excluding tert-OH is 7. The maximum Gasteiger partial charge on any atom is 0.306 e. The maximum absolute atomic E-state index is 13.0. The molecule has 7 N–H and O–H groups in total. The summed E-state index contributed by atoms with van der Waals surface area (Å²) in [4.78, 5) is 25.8. The maximum atomic E-state index is 13.0. The predicted molar refractivity (Wildman–Crippen MR) is 280 cm³/mol. The van der Waals surface area contributed by atoms with Gasteiger partial charge in [0.25, 0.3) is 0 Å². The highest BCUT2D eigenvalue weighted by Crippen LogP contribution is 2.26. The third-order valence-corrected chi connectivity index (χ3v) is 13.3. The first-order chi connectivity index (χ1) is 35.0. The van der Waals surface area contributed by atoms with Gasteiger partial charge < -0.3 is 64.2 Å². The Hall–Kier alpha value is -2.54. The zero-order valence-corrected chi connectivity index (χ0v) is 44.4. The molecule has 2 aliphatic heterocycles. The molecule has 15 nitrogen and oxygen atoms in total. The van der Waals surface area contributed by atoms with Gasteiger partial charge in [-0.1, -0.05) is 172 Å². The van der Waals surface area contributed by atoms with Crippen molar-refractivity contribution in [3.63, 3.8) is 0 Å². The molecule has 4 unspecified atom stereocenters. The Kier molecular flexibility index (Phi) is 39.8. The fourth-order valence-corrected chi connectivity index (χ4v) is 8.64. The highest BCUT2D eigenvalue weighted by atomic mass is 16.7. The van der Waals surface area contributed by atoms with Gasteiger partial charge in [-0.15, -0.1) is 0 Å². The van der Waals surface area contributed by atoms with Gasteiger partial charge in [0, 0.05) is 12.8 Å². The Morgan fingerprint density at radius 1 is 0.444 bits per heavy atom. The van der Waals surface area contributed by atoms with Crippen LogP contribution >= 0.6 is 0 Å². The van der Waals surface area contributed by atoms with Crippen LogP contribution in [0.4, 0.5) is 0 Å². The summed E-state index contributed by atoms with van der Waals surface area (Å²) in [6.45, 7) is 2.54. The van der Waals surface area contributed by atoms with Gasteiger partial charge in [0.15, 0.2) is 18.7 Å². The largest absolute Gasteiger partial charge is 0.462 e. The summed E-state index contributed by atoms with van der Waals surface area (Å²) in [6.07, 6.45) is 32.8. The molecule has 0 radical (unpaired) electrons. The van der Waals surface area contributed by atoms with Crippen molar-refractivity contribution in [3.05, 3.63) is 48.6 Å². The minimum Gasteiger partial charge on any atom is -0.462 e. The molecule has 0 aromatic carbocycles. The average Bonchev–Trinajstić information content (AvgIpc) is 3.37. The Bertz CT molecular complexity index is 1440. The monoisotopic (exact) mass is 1020 g/mol. The minimum absolute atomic E-state index is 0.1000. The van der Waals surface area contributed by atoms with E-state index < -0.39 is 99.3 Å². The van der Waals surface area contributed by atoms with Crippen molar-refractivity contribution >= 4 is 11.9 Å². The van der Waals surface area contributed by atoms with Gasteiger partial charge in [-0.3, -0.25) is 9.59 Å². The number of carbonyl (C=O) groups is 2. The molecule has 2 aliphatic rings. The second-order valence-electron chi connectivity index (χ2n) is 19.8. The van der Waals surface area contributed by atoms with Gasteiger partial charge in [0.05, 0.1) is 19.8 Å².